The lowest BCUT2D eigenvalue weighted by Gasteiger charge is -2.28. The van der Waals surface area contributed by atoms with Crippen molar-refractivity contribution in [2.45, 2.75) is 69.1 Å². The maximum absolute atomic E-state index is 13.9. The average Bonchev–Trinajstić information content (AvgIpc) is 3.39. The van der Waals surface area contributed by atoms with Crippen molar-refractivity contribution in [3.05, 3.63) is 18.0 Å². The predicted octanol–water partition coefficient (Wildman–Crippen LogP) is 3.58. The van der Waals surface area contributed by atoms with Crippen LogP contribution in [0.3, 0.4) is 0 Å². The van der Waals surface area contributed by atoms with E-state index in [1.807, 2.05) is 0 Å². The van der Waals surface area contributed by atoms with E-state index in [0.717, 1.165) is 11.3 Å². The van der Waals surface area contributed by atoms with Crippen molar-refractivity contribution >= 4 is 39.1 Å². The Morgan fingerprint density at radius 3 is 2.27 bits per heavy atom. The minimum atomic E-state index is -6.51. The molecule has 226 valence electrons. The lowest BCUT2D eigenvalue weighted by molar-refractivity contribution is -0.350. The molecule has 3 heterocycles. The van der Waals surface area contributed by atoms with E-state index in [-0.39, 0.29) is 34.3 Å². The molecule has 4 rings (SSSR count). The molecule has 1 aliphatic rings. The summed E-state index contributed by atoms with van der Waals surface area (Å²) in [6.45, 7) is 2.11. The summed E-state index contributed by atoms with van der Waals surface area (Å²) in [5.74, 6) is -13.5. The van der Waals surface area contributed by atoms with E-state index in [0.29, 0.717) is 10.2 Å². The van der Waals surface area contributed by atoms with Crippen molar-refractivity contribution in [2.24, 2.45) is 5.92 Å². The predicted molar refractivity (Wildman–Crippen MR) is 136 cm³/mol. The molecule has 1 fully saturated rings. The summed E-state index contributed by atoms with van der Waals surface area (Å²) in [7, 11) is 0. The Morgan fingerprint density at radius 2 is 1.71 bits per heavy atom. The van der Waals surface area contributed by atoms with Gasteiger partial charge in [0.15, 0.2) is 5.82 Å². The number of rotatable bonds is 8. The normalized spacial score (nSPS) is 22.4. The number of thiazole rings is 1. The number of aromatic nitrogens is 4. The monoisotopic (exact) mass is 613 g/mol. The van der Waals surface area contributed by atoms with Crippen LogP contribution in [-0.4, -0.2) is 83.7 Å². The Kier molecular flexibility index (Phi) is 7.77. The van der Waals surface area contributed by atoms with Crippen molar-refractivity contribution in [3.8, 4) is 10.6 Å². The summed E-state index contributed by atoms with van der Waals surface area (Å²) in [5, 5.41) is 36.5. The van der Waals surface area contributed by atoms with E-state index < -0.39 is 60.3 Å². The number of aliphatic hydroxyl groups is 3. The van der Waals surface area contributed by atoms with Gasteiger partial charge < -0.3 is 31.7 Å². The lowest BCUT2D eigenvalue weighted by Crippen LogP contribution is -2.55. The van der Waals surface area contributed by atoms with Crippen LogP contribution < -0.4 is 16.4 Å². The van der Waals surface area contributed by atoms with Crippen molar-refractivity contribution in [1.29, 1.82) is 0 Å². The van der Waals surface area contributed by atoms with Crippen LogP contribution in [-0.2, 0) is 0 Å². The highest BCUT2D eigenvalue weighted by atomic mass is 32.1. The highest BCUT2D eigenvalue weighted by Gasteiger charge is 2.72. The molecule has 3 aromatic heterocycles. The van der Waals surface area contributed by atoms with Gasteiger partial charge in [-0.1, -0.05) is 0 Å². The molecule has 0 bridgehead atoms. The minimum Gasteiger partial charge on any atom is -0.390 e. The van der Waals surface area contributed by atoms with Crippen LogP contribution in [0.5, 0.6) is 0 Å². The number of nitrogens with zero attached hydrogens (tertiary/aromatic N) is 4. The van der Waals surface area contributed by atoms with Gasteiger partial charge in [0.25, 0.3) is 0 Å². The molecule has 0 aliphatic heterocycles. The largest absolute Gasteiger partial charge is 0.459 e. The number of alkyl halides is 7. The van der Waals surface area contributed by atoms with Crippen molar-refractivity contribution < 1.29 is 46.1 Å². The summed E-state index contributed by atoms with van der Waals surface area (Å²) in [6.07, 6.45) is -7.85. The van der Waals surface area contributed by atoms with Gasteiger partial charge in [-0.25, -0.2) is 15.0 Å². The fraction of sp³-hybridized carbons (Fsp3) is 0.565. The van der Waals surface area contributed by atoms with Gasteiger partial charge >= 0.3 is 18.0 Å². The van der Waals surface area contributed by atoms with E-state index in [4.69, 9.17) is 5.73 Å². The third kappa shape index (κ3) is 5.69. The molecule has 10 nitrogen and oxygen atoms in total. The molecule has 0 spiro atoms. The minimum absolute atomic E-state index is 0.0175. The Morgan fingerprint density at radius 1 is 1.05 bits per heavy atom. The summed E-state index contributed by atoms with van der Waals surface area (Å²) in [6, 6.07) is 0.666. The van der Waals surface area contributed by atoms with Crippen LogP contribution in [0.25, 0.3) is 20.8 Å². The first-order valence-electron chi connectivity index (χ1n) is 12.1. The number of hydrogen-bond acceptors (Lipinski definition) is 11. The number of nitrogens with two attached hydrogens (primary N) is 1. The quantitative estimate of drug-likeness (QED) is 0.207. The van der Waals surface area contributed by atoms with E-state index in [2.05, 4.69) is 25.3 Å². The highest BCUT2D eigenvalue weighted by Crippen LogP contribution is 2.46. The molecule has 0 radical (unpaired) electrons. The SMILES string of the molecule is Cc1nc(NCC(F)(F)C(F)(F)C(F)(F)F)nc(N[C@@H]2C[C@H](C(C)(C)O)[C@@H](O)[C@H]2O)c1-c1nc2c(N)nccc2s1. The van der Waals surface area contributed by atoms with Crippen LogP contribution >= 0.6 is 11.3 Å². The maximum Gasteiger partial charge on any atom is 0.459 e. The van der Waals surface area contributed by atoms with Crippen LogP contribution in [0.15, 0.2) is 12.3 Å². The molecule has 4 atom stereocenters. The van der Waals surface area contributed by atoms with Crippen molar-refractivity contribution in [2.75, 3.05) is 22.9 Å². The first-order chi connectivity index (χ1) is 18.7. The van der Waals surface area contributed by atoms with E-state index in [1.54, 1.807) is 11.4 Å². The third-order valence-electron chi connectivity index (χ3n) is 6.84. The van der Waals surface area contributed by atoms with Crippen molar-refractivity contribution in [1.82, 2.24) is 19.9 Å². The molecule has 0 saturated heterocycles. The standard InChI is InChI=1S/C23H26F7N7O3S/c1-8-12(18-36-13-11(41-18)4-5-32-16(13)31)17(35-10-6-9(20(2,3)40)14(38)15(10)39)37-19(34-8)33-7-21(24,25)22(26,27)23(28,29)30/h4-5,9-10,14-15,38-40H,6-7H2,1-3H3,(H2,31,32)(H2,33,34,35,37)/t9-,10+,14+,15-/m0/s1. The molecule has 1 aliphatic carbocycles. The van der Waals surface area contributed by atoms with Gasteiger partial charge in [-0.05, 0) is 33.3 Å². The van der Waals surface area contributed by atoms with Gasteiger partial charge in [0, 0.05) is 12.1 Å². The molecular formula is C23H26F7N7O3S. The average molecular weight is 614 g/mol. The molecular weight excluding hydrogens is 587 g/mol. The molecule has 7 N–H and O–H groups in total. The summed E-state index contributed by atoms with van der Waals surface area (Å²) in [5.41, 5.74) is 5.05. The second kappa shape index (κ2) is 10.3. The fourth-order valence-corrected chi connectivity index (χ4v) is 5.62. The number of aliphatic hydroxyl groups excluding tert-OH is 2. The Labute approximate surface area is 231 Å². The van der Waals surface area contributed by atoms with E-state index >= 15 is 0 Å². The summed E-state index contributed by atoms with van der Waals surface area (Å²) in [4.78, 5) is 16.4. The number of nitrogens with one attached hydrogen (secondary N) is 2. The summed E-state index contributed by atoms with van der Waals surface area (Å²) >= 11 is 1.12. The molecule has 3 aromatic rings. The van der Waals surface area contributed by atoms with E-state index in [9.17, 15) is 46.1 Å². The van der Waals surface area contributed by atoms with Gasteiger partial charge in [0.2, 0.25) is 5.95 Å². The molecule has 1 saturated carbocycles. The van der Waals surface area contributed by atoms with Crippen molar-refractivity contribution in [3.63, 3.8) is 0 Å². The number of anilines is 3. The number of halogens is 7. The zero-order chi connectivity index (χ0) is 30.7. The second-order valence-electron chi connectivity index (χ2n) is 10.3. The third-order valence-corrected chi connectivity index (χ3v) is 7.87. The molecule has 0 unspecified atom stereocenters. The number of hydrogen-bond donors (Lipinski definition) is 6. The summed E-state index contributed by atoms with van der Waals surface area (Å²) < 4.78 is 93.0. The van der Waals surface area contributed by atoms with Gasteiger partial charge in [-0.15, -0.1) is 11.3 Å². The van der Waals surface area contributed by atoms with E-state index in [1.165, 1.54) is 27.0 Å². The molecule has 0 aromatic carbocycles. The number of pyridine rings is 1. The topological polar surface area (TPSA) is 162 Å². The van der Waals surface area contributed by atoms with Gasteiger partial charge in [-0.2, -0.15) is 35.7 Å². The van der Waals surface area contributed by atoms with Gasteiger partial charge in [-0.3, -0.25) is 0 Å². The van der Waals surface area contributed by atoms with Gasteiger partial charge in [0.05, 0.1) is 40.2 Å². The van der Waals surface area contributed by atoms with Crippen LogP contribution in [0, 0.1) is 12.8 Å². The maximum atomic E-state index is 13.9. The zero-order valence-electron chi connectivity index (χ0n) is 21.6. The first-order valence-corrected chi connectivity index (χ1v) is 12.9. The number of aryl methyl sites for hydroxylation is 1. The number of nitrogen functional groups attached to an aromatic ring is 1. The molecule has 0 amide bonds. The van der Waals surface area contributed by atoms with Crippen LogP contribution in [0.2, 0.25) is 0 Å². The van der Waals surface area contributed by atoms with Gasteiger partial charge in [0.1, 0.15) is 22.4 Å². The molecule has 41 heavy (non-hydrogen) atoms. The van der Waals surface area contributed by atoms with Crippen LogP contribution in [0.1, 0.15) is 26.0 Å². The Bertz CT molecular complexity index is 1430. The lowest BCUT2D eigenvalue weighted by atomic mass is 9.88. The Hall–Kier alpha value is -3.09. The fourth-order valence-electron chi connectivity index (χ4n) is 4.56. The Balaban J connectivity index is 1.75. The zero-order valence-corrected chi connectivity index (χ0v) is 22.5. The highest BCUT2D eigenvalue weighted by molar-refractivity contribution is 7.21. The second-order valence-corrected chi connectivity index (χ2v) is 11.3. The number of fused-ring (bicyclic) bond motifs is 1. The first kappa shape index (κ1) is 30.9. The molecule has 18 heteroatoms. The van der Waals surface area contributed by atoms with Crippen LogP contribution in [0.4, 0.5) is 48.3 Å². The smallest absolute Gasteiger partial charge is 0.390 e.